The van der Waals surface area contributed by atoms with Crippen LogP contribution < -0.4 is 15.2 Å². The van der Waals surface area contributed by atoms with Crippen molar-refractivity contribution in [3.63, 3.8) is 0 Å². The number of halogens is 4. The van der Waals surface area contributed by atoms with E-state index in [1.54, 1.807) is 31.5 Å². The van der Waals surface area contributed by atoms with Crippen LogP contribution in [0.2, 0.25) is 15.2 Å². The summed E-state index contributed by atoms with van der Waals surface area (Å²) in [6, 6.07) is 6.01. The summed E-state index contributed by atoms with van der Waals surface area (Å²) in [5.74, 6) is 0.282. The van der Waals surface area contributed by atoms with E-state index >= 15 is 0 Å². The molecule has 0 saturated heterocycles. The van der Waals surface area contributed by atoms with E-state index in [-0.39, 0.29) is 26.8 Å². The maximum Gasteiger partial charge on any atom is 0.171 e. The van der Waals surface area contributed by atoms with Gasteiger partial charge in [-0.2, -0.15) is 0 Å². The number of hydrogen-bond acceptors (Lipinski definition) is 5. The molecule has 0 saturated carbocycles. The largest absolute Gasteiger partial charge is 0.494 e. The first-order chi connectivity index (χ1) is 13.3. The standard InChI is InChI=1S/C19H15Cl3FN3O2/c1-9(16-12(20)3-4-13(23)17(16)21)28-15-6-11(8-26-19(15)24)10-5-14(27-2)18(22)25-7-10/h3-9H,1-2H3,(H2,24,26)/t9-/m1/s1. The highest BCUT2D eigenvalue weighted by atomic mass is 35.5. The second-order valence-electron chi connectivity index (χ2n) is 5.84. The van der Waals surface area contributed by atoms with Crippen molar-refractivity contribution < 1.29 is 13.9 Å². The van der Waals surface area contributed by atoms with Crippen molar-refractivity contribution in [1.82, 2.24) is 9.97 Å². The Balaban J connectivity index is 1.96. The van der Waals surface area contributed by atoms with Crippen molar-refractivity contribution in [2.45, 2.75) is 13.0 Å². The third-order valence-corrected chi connectivity index (χ3v) is 5.03. The zero-order valence-electron chi connectivity index (χ0n) is 14.8. The molecule has 146 valence electrons. The molecular formula is C19H15Cl3FN3O2. The average Bonchev–Trinajstić information content (AvgIpc) is 2.67. The fraction of sp³-hybridized carbons (Fsp3) is 0.158. The predicted molar refractivity (Wildman–Crippen MR) is 109 cm³/mol. The summed E-state index contributed by atoms with van der Waals surface area (Å²) in [6.45, 7) is 1.69. The Kier molecular flexibility index (Phi) is 6.13. The van der Waals surface area contributed by atoms with Crippen LogP contribution in [0.3, 0.4) is 0 Å². The van der Waals surface area contributed by atoms with Crippen LogP contribution >= 0.6 is 34.8 Å². The van der Waals surface area contributed by atoms with Gasteiger partial charge in [-0.25, -0.2) is 14.4 Å². The Morgan fingerprint density at radius 2 is 1.68 bits per heavy atom. The molecule has 0 aliphatic heterocycles. The van der Waals surface area contributed by atoms with Crippen molar-refractivity contribution in [3.8, 4) is 22.6 Å². The van der Waals surface area contributed by atoms with E-state index in [4.69, 9.17) is 50.0 Å². The number of rotatable bonds is 5. The molecule has 0 bridgehead atoms. The van der Waals surface area contributed by atoms with Crippen LogP contribution in [0.5, 0.6) is 11.5 Å². The lowest BCUT2D eigenvalue weighted by Gasteiger charge is -2.19. The lowest BCUT2D eigenvalue weighted by molar-refractivity contribution is 0.227. The van der Waals surface area contributed by atoms with Gasteiger partial charge in [-0.15, -0.1) is 0 Å². The molecule has 0 radical (unpaired) electrons. The van der Waals surface area contributed by atoms with Gasteiger partial charge in [-0.3, -0.25) is 0 Å². The summed E-state index contributed by atoms with van der Waals surface area (Å²) in [7, 11) is 1.50. The molecule has 1 aromatic carbocycles. The maximum absolute atomic E-state index is 13.8. The topological polar surface area (TPSA) is 70.3 Å². The summed E-state index contributed by atoms with van der Waals surface area (Å²) < 4.78 is 24.9. The summed E-state index contributed by atoms with van der Waals surface area (Å²) in [5.41, 5.74) is 7.64. The van der Waals surface area contributed by atoms with E-state index in [1.165, 1.54) is 19.2 Å². The van der Waals surface area contributed by atoms with E-state index in [0.29, 0.717) is 22.4 Å². The number of aromatic nitrogens is 2. The second-order valence-corrected chi connectivity index (χ2v) is 6.98. The van der Waals surface area contributed by atoms with Gasteiger partial charge in [0.25, 0.3) is 0 Å². The number of pyridine rings is 2. The summed E-state index contributed by atoms with van der Waals surface area (Å²) >= 11 is 18.2. The molecule has 5 nitrogen and oxygen atoms in total. The molecule has 1 atom stereocenters. The molecule has 3 rings (SSSR count). The molecule has 3 aromatic rings. The molecule has 28 heavy (non-hydrogen) atoms. The Morgan fingerprint density at radius 1 is 1.04 bits per heavy atom. The number of nitrogens with zero attached hydrogens (tertiary/aromatic N) is 2. The van der Waals surface area contributed by atoms with E-state index in [1.807, 2.05) is 0 Å². The number of hydrogen-bond donors (Lipinski definition) is 1. The summed E-state index contributed by atoms with van der Waals surface area (Å²) in [6.07, 6.45) is 2.47. The highest BCUT2D eigenvalue weighted by Gasteiger charge is 2.20. The Bertz CT molecular complexity index is 1030. The lowest BCUT2D eigenvalue weighted by atomic mass is 10.1. The van der Waals surface area contributed by atoms with Gasteiger partial charge in [0.1, 0.15) is 11.9 Å². The lowest BCUT2D eigenvalue weighted by Crippen LogP contribution is -2.08. The van der Waals surface area contributed by atoms with Gasteiger partial charge >= 0.3 is 0 Å². The molecule has 0 fully saturated rings. The van der Waals surface area contributed by atoms with E-state index in [2.05, 4.69) is 9.97 Å². The van der Waals surface area contributed by atoms with Crippen molar-refractivity contribution >= 4 is 40.6 Å². The molecule has 0 aliphatic carbocycles. The molecule has 0 amide bonds. The molecule has 2 N–H and O–H groups in total. The van der Waals surface area contributed by atoms with Gasteiger partial charge < -0.3 is 15.2 Å². The Hall–Kier alpha value is -2.28. The number of nitrogen functional groups attached to an aromatic ring is 1. The van der Waals surface area contributed by atoms with Gasteiger partial charge in [-0.1, -0.05) is 34.8 Å². The minimum Gasteiger partial charge on any atom is -0.494 e. The quantitative estimate of drug-likeness (QED) is 0.389. The monoisotopic (exact) mass is 441 g/mol. The van der Waals surface area contributed by atoms with Crippen LogP contribution in [0.15, 0.2) is 36.7 Å². The fourth-order valence-corrected chi connectivity index (χ4v) is 3.46. The summed E-state index contributed by atoms with van der Waals surface area (Å²) in [5, 5.41) is 0.428. The number of anilines is 1. The van der Waals surface area contributed by atoms with Crippen molar-refractivity contribution in [1.29, 1.82) is 0 Å². The fourth-order valence-electron chi connectivity index (χ4n) is 2.60. The highest BCUT2D eigenvalue weighted by Crippen LogP contribution is 2.37. The van der Waals surface area contributed by atoms with E-state index in [0.717, 1.165) is 0 Å². The zero-order chi connectivity index (χ0) is 20.4. The van der Waals surface area contributed by atoms with E-state index in [9.17, 15) is 4.39 Å². The summed E-state index contributed by atoms with van der Waals surface area (Å²) in [4.78, 5) is 8.24. The van der Waals surface area contributed by atoms with Crippen molar-refractivity contribution in [2.24, 2.45) is 0 Å². The number of ether oxygens (including phenoxy) is 2. The molecule has 2 heterocycles. The van der Waals surface area contributed by atoms with Crippen LogP contribution in [0.25, 0.3) is 11.1 Å². The van der Waals surface area contributed by atoms with Gasteiger partial charge in [0.2, 0.25) is 0 Å². The molecular weight excluding hydrogens is 428 g/mol. The third-order valence-electron chi connectivity index (χ3n) is 4.03. The van der Waals surface area contributed by atoms with Crippen LogP contribution in [-0.4, -0.2) is 17.1 Å². The molecule has 2 aromatic heterocycles. The number of benzene rings is 1. The average molecular weight is 443 g/mol. The first-order valence-corrected chi connectivity index (χ1v) is 9.20. The molecule has 0 aliphatic rings. The van der Waals surface area contributed by atoms with Crippen LogP contribution in [0.1, 0.15) is 18.6 Å². The Morgan fingerprint density at radius 3 is 2.36 bits per heavy atom. The zero-order valence-corrected chi connectivity index (χ0v) is 17.1. The van der Waals surface area contributed by atoms with Gasteiger partial charge in [0, 0.05) is 34.1 Å². The third kappa shape index (κ3) is 4.09. The van der Waals surface area contributed by atoms with E-state index < -0.39 is 11.9 Å². The second kappa shape index (κ2) is 8.39. The van der Waals surface area contributed by atoms with Crippen LogP contribution in [0.4, 0.5) is 10.2 Å². The van der Waals surface area contributed by atoms with Crippen molar-refractivity contribution in [2.75, 3.05) is 12.8 Å². The van der Waals surface area contributed by atoms with Crippen LogP contribution in [-0.2, 0) is 0 Å². The van der Waals surface area contributed by atoms with Gasteiger partial charge in [-0.05, 0) is 31.2 Å². The predicted octanol–water partition coefficient (Wildman–Crippen LogP) is 5.97. The minimum absolute atomic E-state index is 0.102. The Labute approximate surface area is 176 Å². The smallest absolute Gasteiger partial charge is 0.171 e. The molecule has 9 heteroatoms. The first-order valence-electron chi connectivity index (χ1n) is 8.07. The van der Waals surface area contributed by atoms with Crippen LogP contribution in [0, 0.1) is 5.82 Å². The van der Waals surface area contributed by atoms with Crippen molar-refractivity contribution in [3.05, 3.63) is 63.2 Å². The molecule has 0 spiro atoms. The van der Waals surface area contributed by atoms with Gasteiger partial charge in [0.05, 0.1) is 12.1 Å². The maximum atomic E-state index is 13.8. The minimum atomic E-state index is -0.673. The highest BCUT2D eigenvalue weighted by molar-refractivity contribution is 6.36. The SMILES string of the molecule is COc1cc(-c2cnc(N)c(O[C@H](C)c3c(Cl)ccc(F)c3Cl)c2)cnc1Cl. The number of methoxy groups -OCH3 is 1. The normalized spacial score (nSPS) is 11.9. The number of nitrogens with two attached hydrogens (primary N) is 1. The van der Waals surface area contributed by atoms with Gasteiger partial charge in [0.15, 0.2) is 22.5 Å². The first kappa shape index (κ1) is 20.5. The molecule has 0 unspecified atom stereocenters.